The van der Waals surface area contributed by atoms with Crippen LogP contribution in [-0.2, 0) is 12.0 Å². The highest BCUT2D eigenvalue weighted by molar-refractivity contribution is 5.40. The van der Waals surface area contributed by atoms with E-state index in [1.165, 1.54) is 11.1 Å². The van der Waals surface area contributed by atoms with Crippen molar-refractivity contribution in [3.8, 4) is 0 Å². The zero-order chi connectivity index (χ0) is 11.8. The normalized spacial score (nSPS) is 25.5. The minimum atomic E-state index is -0.690. The van der Waals surface area contributed by atoms with Gasteiger partial charge in [-0.25, -0.2) is 0 Å². The second-order valence-corrected chi connectivity index (χ2v) is 4.93. The first-order chi connectivity index (χ1) is 7.61. The van der Waals surface area contributed by atoms with Gasteiger partial charge < -0.3 is 10.8 Å². The van der Waals surface area contributed by atoms with Crippen LogP contribution in [0, 0.1) is 12.8 Å². The van der Waals surface area contributed by atoms with Crippen molar-refractivity contribution in [2.24, 2.45) is 11.7 Å². The average Bonchev–Trinajstić information content (AvgIpc) is 2.59. The van der Waals surface area contributed by atoms with Gasteiger partial charge in [-0.15, -0.1) is 0 Å². The smallest absolute Gasteiger partial charge is 0.0942 e. The van der Waals surface area contributed by atoms with Gasteiger partial charge in [0.25, 0.3) is 0 Å². The number of rotatable bonds is 3. The van der Waals surface area contributed by atoms with Gasteiger partial charge in [-0.1, -0.05) is 30.7 Å². The first kappa shape index (κ1) is 11.6. The molecule has 0 aliphatic heterocycles. The Morgan fingerprint density at radius 1 is 1.50 bits per heavy atom. The second-order valence-electron chi connectivity index (χ2n) is 4.93. The van der Waals surface area contributed by atoms with E-state index in [9.17, 15) is 5.11 Å². The highest BCUT2D eigenvalue weighted by Crippen LogP contribution is 2.43. The Hall–Kier alpha value is -0.860. The van der Waals surface area contributed by atoms with E-state index in [-0.39, 0.29) is 5.92 Å². The Morgan fingerprint density at radius 2 is 2.25 bits per heavy atom. The fourth-order valence-electron chi connectivity index (χ4n) is 2.89. The van der Waals surface area contributed by atoms with Gasteiger partial charge in [0.1, 0.15) is 0 Å². The van der Waals surface area contributed by atoms with Crippen LogP contribution in [0.5, 0.6) is 0 Å². The standard InChI is InChI=1S/C14H21NO/c1-3-12(9-15)14(16)7-6-11-5-4-10(2)8-13(11)14/h4-5,8,12,16H,3,6-7,9,15H2,1-2H3. The monoisotopic (exact) mass is 219 g/mol. The van der Waals surface area contributed by atoms with Crippen LogP contribution < -0.4 is 5.73 Å². The molecule has 2 heteroatoms. The molecule has 0 saturated carbocycles. The van der Waals surface area contributed by atoms with Crippen LogP contribution >= 0.6 is 0 Å². The maximum Gasteiger partial charge on any atom is 0.0942 e. The van der Waals surface area contributed by atoms with Crippen molar-refractivity contribution in [1.82, 2.24) is 0 Å². The van der Waals surface area contributed by atoms with Crippen molar-refractivity contribution < 1.29 is 5.11 Å². The van der Waals surface area contributed by atoms with Gasteiger partial charge in [0.05, 0.1) is 5.60 Å². The summed E-state index contributed by atoms with van der Waals surface area (Å²) in [4.78, 5) is 0. The number of aliphatic hydroxyl groups is 1. The molecule has 2 atom stereocenters. The highest BCUT2D eigenvalue weighted by Gasteiger charge is 2.41. The summed E-state index contributed by atoms with van der Waals surface area (Å²) in [5.74, 6) is 0.176. The molecule has 3 N–H and O–H groups in total. The van der Waals surface area contributed by atoms with Gasteiger partial charge >= 0.3 is 0 Å². The predicted molar refractivity (Wildman–Crippen MR) is 66.2 cm³/mol. The highest BCUT2D eigenvalue weighted by atomic mass is 16.3. The summed E-state index contributed by atoms with van der Waals surface area (Å²) in [5.41, 5.74) is 8.71. The number of benzene rings is 1. The van der Waals surface area contributed by atoms with E-state index >= 15 is 0 Å². The molecule has 2 unspecified atom stereocenters. The molecular formula is C14H21NO. The second kappa shape index (κ2) is 4.19. The quantitative estimate of drug-likeness (QED) is 0.818. The summed E-state index contributed by atoms with van der Waals surface area (Å²) in [7, 11) is 0. The molecule has 0 fully saturated rings. The topological polar surface area (TPSA) is 46.2 Å². The molecule has 0 heterocycles. The maximum absolute atomic E-state index is 10.8. The van der Waals surface area contributed by atoms with Crippen molar-refractivity contribution in [2.75, 3.05) is 6.54 Å². The molecule has 0 aromatic heterocycles. The van der Waals surface area contributed by atoms with E-state index < -0.39 is 5.60 Å². The van der Waals surface area contributed by atoms with Gasteiger partial charge in [-0.2, -0.15) is 0 Å². The third-order valence-electron chi connectivity index (χ3n) is 3.96. The lowest BCUT2D eigenvalue weighted by Gasteiger charge is -2.32. The van der Waals surface area contributed by atoms with Crippen molar-refractivity contribution in [2.45, 2.75) is 38.7 Å². The molecule has 0 spiro atoms. The first-order valence-corrected chi connectivity index (χ1v) is 6.14. The van der Waals surface area contributed by atoms with E-state index in [0.717, 1.165) is 24.8 Å². The van der Waals surface area contributed by atoms with Crippen molar-refractivity contribution in [3.05, 3.63) is 34.9 Å². The predicted octanol–water partition coefficient (Wildman–Crippen LogP) is 2.11. The Morgan fingerprint density at radius 3 is 2.88 bits per heavy atom. The molecule has 0 radical (unpaired) electrons. The molecule has 1 aromatic rings. The minimum absolute atomic E-state index is 0.176. The number of hydrogen-bond acceptors (Lipinski definition) is 2. The van der Waals surface area contributed by atoms with Crippen molar-refractivity contribution in [1.29, 1.82) is 0 Å². The Bertz CT molecular complexity index is 384. The lowest BCUT2D eigenvalue weighted by atomic mass is 9.80. The molecule has 16 heavy (non-hydrogen) atoms. The summed E-state index contributed by atoms with van der Waals surface area (Å²) in [6, 6.07) is 6.39. The van der Waals surface area contributed by atoms with Gasteiger partial charge in [0.2, 0.25) is 0 Å². The Balaban J connectivity index is 2.44. The van der Waals surface area contributed by atoms with Gasteiger partial charge in [0, 0.05) is 5.92 Å². The van der Waals surface area contributed by atoms with Gasteiger partial charge in [0.15, 0.2) is 0 Å². The molecule has 1 aliphatic carbocycles. The Kier molecular flexibility index (Phi) is 3.04. The van der Waals surface area contributed by atoms with E-state index in [1.807, 2.05) is 0 Å². The summed E-state index contributed by atoms with van der Waals surface area (Å²) in [6.45, 7) is 4.73. The molecular weight excluding hydrogens is 198 g/mol. The number of fused-ring (bicyclic) bond motifs is 1. The maximum atomic E-state index is 10.8. The van der Waals surface area contributed by atoms with Crippen LogP contribution in [0.3, 0.4) is 0 Å². The van der Waals surface area contributed by atoms with E-state index in [2.05, 4.69) is 32.0 Å². The van der Waals surface area contributed by atoms with Crippen LogP contribution in [0.15, 0.2) is 18.2 Å². The minimum Gasteiger partial charge on any atom is -0.385 e. The fourth-order valence-corrected chi connectivity index (χ4v) is 2.89. The van der Waals surface area contributed by atoms with Crippen LogP contribution in [-0.4, -0.2) is 11.7 Å². The number of hydrogen-bond donors (Lipinski definition) is 2. The van der Waals surface area contributed by atoms with Crippen LogP contribution in [0.4, 0.5) is 0 Å². The number of aryl methyl sites for hydroxylation is 2. The molecule has 1 aromatic carbocycles. The summed E-state index contributed by atoms with van der Waals surface area (Å²) >= 11 is 0. The van der Waals surface area contributed by atoms with Crippen LogP contribution in [0.25, 0.3) is 0 Å². The summed E-state index contributed by atoms with van der Waals surface area (Å²) in [5, 5.41) is 10.8. The van der Waals surface area contributed by atoms with E-state index in [4.69, 9.17) is 5.73 Å². The summed E-state index contributed by atoms with van der Waals surface area (Å²) in [6.07, 6.45) is 2.73. The Labute approximate surface area is 97.5 Å². The zero-order valence-corrected chi connectivity index (χ0v) is 10.2. The van der Waals surface area contributed by atoms with Crippen molar-refractivity contribution >= 4 is 0 Å². The van der Waals surface area contributed by atoms with Crippen LogP contribution in [0.1, 0.15) is 36.5 Å². The average molecular weight is 219 g/mol. The zero-order valence-electron chi connectivity index (χ0n) is 10.2. The molecule has 0 saturated heterocycles. The first-order valence-electron chi connectivity index (χ1n) is 6.14. The third-order valence-corrected chi connectivity index (χ3v) is 3.96. The lowest BCUT2D eigenvalue weighted by molar-refractivity contribution is -0.0206. The van der Waals surface area contributed by atoms with E-state index in [1.54, 1.807) is 0 Å². The van der Waals surface area contributed by atoms with Gasteiger partial charge in [-0.05, 0) is 43.9 Å². The molecule has 2 nitrogen and oxygen atoms in total. The summed E-state index contributed by atoms with van der Waals surface area (Å²) < 4.78 is 0. The molecule has 2 rings (SSSR count). The van der Waals surface area contributed by atoms with Crippen LogP contribution in [0.2, 0.25) is 0 Å². The third kappa shape index (κ3) is 1.66. The van der Waals surface area contributed by atoms with Crippen molar-refractivity contribution in [3.63, 3.8) is 0 Å². The van der Waals surface area contributed by atoms with E-state index in [0.29, 0.717) is 6.54 Å². The molecule has 88 valence electrons. The molecule has 1 aliphatic rings. The lowest BCUT2D eigenvalue weighted by Crippen LogP contribution is -2.37. The molecule has 0 bridgehead atoms. The van der Waals surface area contributed by atoms with Gasteiger partial charge in [-0.3, -0.25) is 0 Å². The number of nitrogens with two attached hydrogens (primary N) is 1. The molecule has 0 amide bonds. The SMILES string of the molecule is CCC(CN)C1(O)CCc2ccc(C)cc21. The largest absolute Gasteiger partial charge is 0.385 e. The fraction of sp³-hybridized carbons (Fsp3) is 0.571.